The van der Waals surface area contributed by atoms with Crippen molar-refractivity contribution >= 4 is 48.6 Å². The van der Waals surface area contributed by atoms with Gasteiger partial charge in [-0.25, -0.2) is 0 Å². The normalized spacial score (nSPS) is 14.9. The summed E-state index contributed by atoms with van der Waals surface area (Å²) in [6.45, 7) is 0. The second kappa shape index (κ2) is 8.32. The SMILES string of the molecule is c1ccc2c(c1)NC1c3ccc(-c4ccc(-c5cccc6c5sc5ccccc56)cc4)cc3-c3ccccc3N21. The zero-order chi connectivity index (χ0) is 26.2. The predicted molar refractivity (Wildman–Crippen MR) is 171 cm³/mol. The molecule has 2 nitrogen and oxygen atoms in total. The molecule has 0 fully saturated rings. The lowest BCUT2D eigenvalue weighted by molar-refractivity contribution is 0.819. The Morgan fingerprint density at radius 1 is 0.525 bits per heavy atom. The number of hydrogen-bond acceptors (Lipinski definition) is 3. The number of fused-ring (bicyclic) bond motifs is 11. The number of rotatable bonds is 2. The van der Waals surface area contributed by atoms with Crippen molar-refractivity contribution in [2.45, 2.75) is 6.17 Å². The first-order valence-electron chi connectivity index (χ1n) is 13.7. The molecule has 1 atom stereocenters. The molecule has 6 aromatic carbocycles. The molecular weight excluding hydrogens is 504 g/mol. The van der Waals surface area contributed by atoms with Crippen LogP contribution in [0.2, 0.25) is 0 Å². The topological polar surface area (TPSA) is 15.3 Å². The van der Waals surface area contributed by atoms with E-state index in [1.165, 1.54) is 76.2 Å². The van der Waals surface area contributed by atoms with E-state index >= 15 is 0 Å². The van der Waals surface area contributed by atoms with Gasteiger partial charge in [0.25, 0.3) is 0 Å². The molecule has 3 heteroatoms. The third kappa shape index (κ3) is 3.10. The average Bonchev–Trinajstić information content (AvgIpc) is 3.60. The second-order valence-corrected chi connectivity index (χ2v) is 11.7. The Bertz CT molecular complexity index is 2100. The molecule has 7 aromatic rings. The van der Waals surface area contributed by atoms with E-state index in [1.54, 1.807) is 0 Å². The summed E-state index contributed by atoms with van der Waals surface area (Å²) < 4.78 is 2.70. The van der Waals surface area contributed by atoms with Gasteiger partial charge in [0.1, 0.15) is 6.17 Å². The summed E-state index contributed by atoms with van der Waals surface area (Å²) in [6.07, 6.45) is 0.0977. The maximum absolute atomic E-state index is 3.77. The van der Waals surface area contributed by atoms with Crippen LogP contribution in [-0.2, 0) is 0 Å². The fraction of sp³-hybridized carbons (Fsp3) is 0.0270. The van der Waals surface area contributed by atoms with Gasteiger partial charge in [0.05, 0.1) is 17.1 Å². The molecule has 3 heterocycles. The van der Waals surface area contributed by atoms with Crippen LogP contribution in [0.3, 0.4) is 0 Å². The number of anilines is 3. The molecule has 0 amide bonds. The zero-order valence-electron chi connectivity index (χ0n) is 21.6. The summed E-state index contributed by atoms with van der Waals surface area (Å²) in [4.78, 5) is 2.44. The first kappa shape index (κ1) is 22.0. The van der Waals surface area contributed by atoms with Crippen LogP contribution in [-0.4, -0.2) is 0 Å². The van der Waals surface area contributed by atoms with E-state index in [2.05, 4.69) is 144 Å². The highest BCUT2D eigenvalue weighted by Gasteiger charge is 2.37. The van der Waals surface area contributed by atoms with Crippen LogP contribution < -0.4 is 10.2 Å². The first-order chi connectivity index (χ1) is 19.8. The summed E-state index contributed by atoms with van der Waals surface area (Å²) in [7, 11) is 0. The smallest absolute Gasteiger partial charge is 0.131 e. The Morgan fingerprint density at radius 2 is 1.23 bits per heavy atom. The number of hydrogen-bond donors (Lipinski definition) is 1. The van der Waals surface area contributed by atoms with Crippen molar-refractivity contribution in [3.05, 3.63) is 139 Å². The Hall–Kier alpha value is -4.86. The number of nitrogens with one attached hydrogen (secondary N) is 1. The summed E-state index contributed by atoms with van der Waals surface area (Å²) in [5.74, 6) is 0. The molecule has 0 bridgehead atoms. The van der Waals surface area contributed by atoms with Crippen molar-refractivity contribution < 1.29 is 0 Å². The van der Waals surface area contributed by atoms with Crippen molar-refractivity contribution in [3.63, 3.8) is 0 Å². The second-order valence-electron chi connectivity index (χ2n) is 10.6. The van der Waals surface area contributed by atoms with E-state index in [-0.39, 0.29) is 6.17 Å². The molecule has 2 aliphatic rings. The monoisotopic (exact) mass is 528 g/mol. The molecule has 0 radical (unpaired) electrons. The van der Waals surface area contributed by atoms with Crippen molar-refractivity contribution in [2.24, 2.45) is 0 Å². The molecule has 188 valence electrons. The zero-order valence-corrected chi connectivity index (χ0v) is 22.5. The quantitative estimate of drug-likeness (QED) is 0.240. The van der Waals surface area contributed by atoms with Crippen LogP contribution in [0.25, 0.3) is 53.6 Å². The minimum Gasteiger partial charge on any atom is -0.359 e. The minimum absolute atomic E-state index is 0.0977. The molecule has 0 saturated heterocycles. The number of benzene rings is 6. The van der Waals surface area contributed by atoms with Crippen LogP contribution in [0.1, 0.15) is 11.7 Å². The van der Waals surface area contributed by atoms with Gasteiger partial charge in [-0.15, -0.1) is 11.3 Å². The van der Waals surface area contributed by atoms with Crippen molar-refractivity contribution in [1.82, 2.24) is 0 Å². The Morgan fingerprint density at radius 3 is 2.15 bits per heavy atom. The molecule has 9 rings (SSSR count). The van der Waals surface area contributed by atoms with Gasteiger partial charge in [-0.3, -0.25) is 0 Å². The first-order valence-corrected chi connectivity index (χ1v) is 14.5. The number of nitrogens with zero attached hydrogens (tertiary/aromatic N) is 1. The van der Waals surface area contributed by atoms with Gasteiger partial charge in [0, 0.05) is 31.3 Å². The van der Waals surface area contributed by atoms with Crippen LogP contribution in [0.4, 0.5) is 17.1 Å². The lowest BCUT2D eigenvalue weighted by Gasteiger charge is -2.35. The van der Waals surface area contributed by atoms with Gasteiger partial charge < -0.3 is 10.2 Å². The van der Waals surface area contributed by atoms with Gasteiger partial charge in [-0.05, 0) is 58.1 Å². The van der Waals surface area contributed by atoms with Crippen LogP contribution in [0.15, 0.2) is 133 Å². The molecule has 0 saturated carbocycles. The van der Waals surface area contributed by atoms with Crippen molar-refractivity contribution in [3.8, 4) is 33.4 Å². The summed E-state index contributed by atoms with van der Waals surface area (Å²) in [5, 5.41) is 6.45. The van der Waals surface area contributed by atoms with E-state index in [9.17, 15) is 0 Å². The van der Waals surface area contributed by atoms with Crippen LogP contribution in [0.5, 0.6) is 0 Å². The molecule has 40 heavy (non-hydrogen) atoms. The van der Waals surface area contributed by atoms with Gasteiger partial charge in [-0.1, -0.05) is 103 Å². The molecule has 1 unspecified atom stereocenters. The fourth-order valence-corrected chi connectivity index (χ4v) is 7.82. The van der Waals surface area contributed by atoms with E-state index in [1.807, 2.05) is 11.3 Å². The summed E-state index contributed by atoms with van der Waals surface area (Å²) in [6, 6.07) is 48.8. The highest BCUT2D eigenvalue weighted by molar-refractivity contribution is 7.26. The van der Waals surface area contributed by atoms with E-state index in [0.29, 0.717) is 0 Å². The molecule has 1 N–H and O–H groups in total. The highest BCUT2D eigenvalue weighted by atomic mass is 32.1. The summed E-state index contributed by atoms with van der Waals surface area (Å²) >= 11 is 1.89. The Kier molecular flexibility index (Phi) is 4.58. The average molecular weight is 529 g/mol. The molecule has 0 spiro atoms. The molecule has 0 aliphatic carbocycles. The van der Waals surface area contributed by atoms with E-state index in [0.717, 1.165) is 0 Å². The van der Waals surface area contributed by atoms with Gasteiger partial charge in [0.15, 0.2) is 0 Å². The number of thiophene rings is 1. The van der Waals surface area contributed by atoms with Crippen molar-refractivity contribution in [2.75, 3.05) is 10.2 Å². The van der Waals surface area contributed by atoms with Gasteiger partial charge in [-0.2, -0.15) is 0 Å². The summed E-state index contributed by atoms with van der Waals surface area (Å²) in [5.41, 5.74) is 12.6. The maximum Gasteiger partial charge on any atom is 0.131 e. The van der Waals surface area contributed by atoms with E-state index < -0.39 is 0 Å². The van der Waals surface area contributed by atoms with Crippen LogP contribution >= 0.6 is 11.3 Å². The molecule has 2 aliphatic heterocycles. The standard InChI is InChI=1S/C37H24N2S/c1-4-13-33-27(8-1)31-22-25(20-21-30(31)37-38-32-12-3-5-14-34(32)39(33)37)23-16-18-24(19-17-23)26-10-7-11-29-28-9-2-6-15-35(28)40-36(26)29/h1-22,37-38H. The lowest BCUT2D eigenvalue weighted by Crippen LogP contribution is -2.27. The van der Waals surface area contributed by atoms with Crippen molar-refractivity contribution in [1.29, 1.82) is 0 Å². The van der Waals surface area contributed by atoms with Gasteiger partial charge >= 0.3 is 0 Å². The third-order valence-corrected chi connectivity index (χ3v) is 9.67. The van der Waals surface area contributed by atoms with Crippen LogP contribution in [0, 0.1) is 0 Å². The van der Waals surface area contributed by atoms with E-state index in [4.69, 9.17) is 0 Å². The fourth-order valence-electron chi connectivity index (χ4n) is 6.58. The Balaban J connectivity index is 1.13. The highest BCUT2D eigenvalue weighted by Crippen LogP contribution is 2.54. The Labute approximate surface area is 236 Å². The molecular formula is C37H24N2S. The predicted octanol–water partition coefficient (Wildman–Crippen LogP) is 10.6. The molecule has 1 aromatic heterocycles. The number of para-hydroxylation sites is 3. The largest absolute Gasteiger partial charge is 0.359 e. The third-order valence-electron chi connectivity index (χ3n) is 8.45. The maximum atomic E-state index is 3.77. The van der Waals surface area contributed by atoms with Gasteiger partial charge in [0.2, 0.25) is 0 Å². The minimum atomic E-state index is 0.0977. The lowest BCUT2D eigenvalue weighted by atomic mass is 9.88.